The lowest BCUT2D eigenvalue weighted by Gasteiger charge is -2.12. The predicted molar refractivity (Wildman–Crippen MR) is 76.1 cm³/mol. The van der Waals surface area contributed by atoms with Gasteiger partial charge in [0.1, 0.15) is 11.1 Å². The van der Waals surface area contributed by atoms with E-state index in [2.05, 4.69) is 4.98 Å². The first-order valence-electron chi connectivity index (χ1n) is 6.01. The molecule has 1 unspecified atom stereocenters. The number of nitrogens with zero attached hydrogens (tertiary/aromatic N) is 2. The summed E-state index contributed by atoms with van der Waals surface area (Å²) in [4.78, 5) is 15.5. The SMILES string of the molecule is Cn1ccnc1CSC(Cc1ccccc1)C(=O)O. The Morgan fingerprint density at radius 2 is 2.16 bits per heavy atom. The standard InChI is InChI=1S/C14H16N2O2S/c1-16-8-7-15-13(16)10-19-12(14(17)18)9-11-5-3-2-4-6-11/h2-8,12H,9-10H2,1H3,(H,17,18). The van der Waals surface area contributed by atoms with Crippen LogP contribution in [0.1, 0.15) is 11.4 Å². The summed E-state index contributed by atoms with van der Waals surface area (Å²) in [6.45, 7) is 0. The van der Waals surface area contributed by atoms with Gasteiger partial charge in [0.25, 0.3) is 0 Å². The molecule has 0 spiro atoms. The van der Waals surface area contributed by atoms with E-state index in [1.165, 1.54) is 11.8 Å². The highest BCUT2D eigenvalue weighted by molar-refractivity contribution is 7.99. The molecule has 0 saturated carbocycles. The van der Waals surface area contributed by atoms with Crippen LogP contribution in [-0.4, -0.2) is 25.9 Å². The molecule has 1 atom stereocenters. The largest absolute Gasteiger partial charge is 0.480 e. The number of benzene rings is 1. The van der Waals surface area contributed by atoms with Gasteiger partial charge in [-0.15, -0.1) is 11.8 Å². The minimum absolute atomic E-state index is 0.445. The Labute approximate surface area is 116 Å². The topological polar surface area (TPSA) is 55.1 Å². The zero-order valence-electron chi connectivity index (χ0n) is 10.7. The van der Waals surface area contributed by atoms with Crippen LogP contribution in [0.5, 0.6) is 0 Å². The van der Waals surface area contributed by atoms with Crippen molar-refractivity contribution in [2.75, 3.05) is 0 Å². The molecule has 1 heterocycles. The maximum Gasteiger partial charge on any atom is 0.316 e. The molecule has 19 heavy (non-hydrogen) atoms. The first kappa shape index (κ1) is 13.7. The first-order chi connectivity index (χ1) is 9.16. The quantitative estimate of drug-likeness (QED) is 0.880. The summed E-state index contributed by atoms with van der Waals surface area (Å²) in [6, 6.07) is 9.70. The summed E-state index contributed by atoms with van der Waals surface area (Å²) >= 11 is 1.41. The predicted octanol–water partition coefficient (Wildman–Crippen LogP) is 2.35. The van der Waals surface area contributed by atoms with E-state index < -0.39 is 11.2 Å². The van der Waals surface area contributed by atoms with E-state index in [-0.39, 0.29) is 0 Å². The zero-order valence-corrected chi connectivity index (χ0v) is 11.5. The van der Waals surface area contributed by atoms with Crippen molar-refractivity contribution in [2.24, 2.45) is 7.05 Å². The number of carboxylic acid groups (broad SMARTS) is 1. The summed E-state index contributed by atoms with van der Waals surface area (Å²) in [5.41, 5.74) is 1.04. The second kappa shape index (κ2) is 6.43. The molecule has 5 heteroatoms. The molecule has 1 aromatic carbocycles. The summed E-state index contributed by atoms with van der Waals surface area (Å²) in [5, 5.41) is 8.84. The van der Waals surface area contributed by atoms with Gasteiger partial charge in [0.2, 0.25) is 0 Å². The lowest BCUT2D eigenvalue weighted by molar-refractivity contribution is -0.136. The van der Waals surface area contributed by atoms with Gasteiger partial charge in [0.05, 0.1) is 5.75 Å². The lowest BCUT2D eigenvalue weighted by atomic mass is 10.1. The summed E-state index contributed by atoms with van der Waals surface area (Å²) in [7, 11) is 1.91. The molecule has 0 saturated heterocycles. The second-order valence-electron chi connectivity index (χ2n) is 4.28. The van der Waals surface area contributed by atoms with Crippen LogP contribution in [0.2, 0.25) is 0 Å². The number of carboxylic acids is 1. The maximum atomic E-state index is 11.3. The fourth-order valence-corrected chi connectivity index (χ4v) is 2.84. The fourth-order valence-electron chi connectivity index (χ4n) is 1.76. The van der Waals surface area contributed by atoms with Crippen LogP contribution in [0.15, 0.2) is 42.7 Å². The van der Waals surface area contributed by atoms with Gasteiger partial charge in [-0.2, -0.15) is 0 Å². The minimum Gasteiger partial charge on any atom is -0.480 e. The summed E-state index contributed by atoms with van der Waals surface area (Å²) < 4.78 is 1.91. The molecule has 0 aliphatic heterocycles. The molecule has 2 aromatic rings. The molecule has 0 bridgehead atoms. The number of thioether (sulfide) groups is 1. The lowest BCUT2D eigenvalue weighted by Crippen LogP contribution is -2.19. The normalized spacial score (nSPS) is 12.3. The Balaban J connectivity index is 1.97. The maximum absolute atomic E-state index is 11.3. The van der Waals surface area contributed by atoms with Gasteiger partial charge >= 0.3 is 5.97 Å². The van der Waals surface area contributed by atoms with Gasteiger partial charge < -0.3 is 9.67 Å². The number of imidazole rings is 1. The fraction of sp³-hybridized carbons (Fsp3) is 0.286. The minimum atomic E-state index is -0.775. The van der Waals surface area contributed by atoms with Gasteiger partial charge in [-0.25, -0.2) is 4.98 Å². The Kier molecular flexibility index (Phi) is 4.63. The molecule has 1 aromatic heterocycles. The molecule has 2 rings (SSSR count). The van der Waals surface area contributed by atoms with Gasteiger partial charge in [0, 0.05) is 19.4 Å². The Morgan fingerprint density at radius 3 is 2.74 bits per heavy atom. The number of carbonyl (C=O) groups is 1. The number of aromatic nitrogens is 2. The molecular formula is C14H16N2O2S. The smallest absolute Gasteiger partial charge is 0.316 e. The highest BCUT2D eigenvalue weighted by Gasteiger charge is 2.19. The van der Waals surface area contributed by atoms with E-state index in [1.807, 2.05) is 48.1 Å². The third kappa shape index (κ3) is 3.86. The van der Waals surface area contributed by atoms with Crippen LogP contribution < -0.4 is 0 Å². The average Bonchev–Trinajstić information content (AvgIpc) is 2.81. The Bertz CT molecular complexity index is 539. The van der Waals surface area contributed by atoms with Gasteiger partial charge in [0.15, 0.2) is 0 Å². The van der Waals surface area contributed by atoms with E-state index in [9.17, 15) is 9.90 Å². The third-order valence-corrected chi connectivity index (χ3v) is 4.07. The number of hydrogen-bond donors (Lipinski definition) is 1. The van der Waals surface area contributed by atoms with Crippen LogP contribution in [0, 0.1) is 0 Å². The molecule has 0 aliphatic rings. The van der Waals surface area contributed by atoms with E-state index in [4.69, 9.17) is 0 Å². The van der Waals surface area contributed by atoms with Crippen molar-refractivity contribution in [2.45, 2.75) is 17.4 Å². The molecule has 0 radical (unpaired) electrons. The van der Waals surface area contributed by atoms with Crippen molar-refractivity contribution in [3.63, 3.8) is 0 Å². The van der Waals surface area contributed by atoms with E-state index in [1.54, 1.807) is 6.20 Å². The van der Waals surface area contributed by atoms with E-state index in [0.29, 0.717) is 12.2 Å². The number of aryl methyl sites for hydroxylation is 1. The number of aliphatic carboxylic acids is 1. The Morgan fingerprint density at radius 1 is 1.42 bits per heavy atom. The van der Waals surface area contributed by atoms with Gasteiger partial charge in [-0.3, -0.25) is 4.79 Å². The van der Waals surface area contributed by atoms with Crippen molar-refractivity contribution in [3.8, 4) is 0 Å². The summed E-state index contributed by atoms with van der Waals surface area (Å²) in [5.74, 6) is 0.722. The van der Waals surface area contributed by atoms with Crippen LogP contribution in [0.25, 0.3) is 0 Å². The molecular weight excluding hydrogens is 260 g/mol. The van der Waals surface area contributed by atoms with Crippen LogP contribution >= 0.6 is 11.8 Å². The zero-order chi connectivity index (χ0) is 13.7. The Hall–Kier alpha value is -1.75. The first-order valence-corrected chi connectivity index (χ1v) is 7.06. The van der Waals surface area contributed by atoms with E-state index >= 15 is 0 Å². The summed E-state index contributed by atoms with van der Waals surface area (Å²) in [6.07, 6.45) is 4.12. The van der Waals surface area contributed by atoms with Crippen molar-refractivity contribution < 1.29 is 9.90 Å². The van der Waals surface area contributed by atoms with Gasteiger partial charge in [-0.05, 0) is 12.0 Å². The van der Waals surface area contributed by atoms with Gasteiger partial charge in [-0.1, -0.05) is 30.3 Å². The number of hydrogen-bond acceptors (Lipinski definition) is 3. The molecule has 0 amide bonds. The monoisotopic (exact) mass is 276 g/mol. The molecule has 0 fully saturated rings. The molecule has 100 valence electrons. The highest BCUT2D eigenvalue weighted by atomic mass is 32.2. The van der Waals surface area contributed by atoms with Crippen LogP contribution in [0.4, 0.5) is 0 Å². The molecule has 1 N–H and O–H groups in total. The number of rotatable bonds is 6. The van der Waals surface area contributed by atoms with Crippen molar-refractivity contribution in [1.29, 1.82) is 0 Å². The van der Waals surface area contributed by atoms with Crippen LogP contribution in [-0.2, 0) is 24.0 Å². The average molecular weight is 276 g/mol. The second-order valence-corrected chi connectivity index (χ2v) is 5.47. The van der Waals surface area contributed by atoms with Crippen molar-refractivity contribution >= 4 is 17.7 Å². The van der Waals surface area contributed by atoms with Crippen LogP contribution in [0.3, 0.4) is 0 Å². The third-order valence-electron chi connectivity index (χ3n) is 2.87. The van der Waals surface area contributed by atoms with Crippen molar-refractivity contribution in [3.05, 3.63) is 54.1 Å². The van der Waals surface area contributed by atoms with E-state index in [0.717, 1.165) is 11.4 Å². The highest BCUT2D eigenvalue weighted by Crippen LogP contribution is 2.20. The molecule has 4 nitrogen and oxygen atoms in total. The molecule has 0 aliphatic carbocycles. The van der Waals surface area contributed by atoms with Crippen molar-refractivity contribution in [1.82, 2.24) is 9.55 Å².